The Morgan fingerprint density at radius 1 is 0.824 bits per heavy atom. The quantitative estimate of drug-likeness (QED) is 0.446. The molecule has 5 rings (SSSR count). The number of amides is 3. The van der Waals surface area contributed by atoms with E-state index in [4.69, 9.17) is 0 Å². The normalized spacial score (nSPS) is 13.4. The fourth-order valence-electron chi connectivity index (χ4n) is 4.53. The lowest BCUT2D eigenvalue weighted by atomic mass is 10.1. The number of aromatic nitrogens is 1. The van der Waals surface area contributed by atoms with Crippen molar-refractivity contribution in [3.05, 3.63) is 88.6 Å². The highest BCUT2D eigenvalue weighted by molar-refractivity contribution is 5.95. The van der Waals surface area contributed by atoms with Crippen molar-refractivity contribution in [3.63, 3.8) is 0 Å². The van der Waals surface area contributed by atoms with Gasteiger partial charge < -0.3 is 20.1 Å². The molecular weight excluding hydrogens is 428 g/mol. The first-order chi connectivity index (χ1) is 16.6. The van der Waals surface area contributed by atoms with Crippen molar-refractivity contribution in [2.45, 2.75) is 25.9 Å². The van der Waals surface area contributed by atoms with Gasteiger partial charge in [0.05, 0.1) is 11.0 Å². The van der Waals surface area contributed by atoms with Gasteiger partial charge in [0.1, 0.15) is 6.54 Å². The van der Waals surface area contributed by atoms with E-state index in [-0.39, 0.29) is 23.9 Å². The summed E-state index contributed by atoms with van der Waals surface area (Å²) in [6.07, 6.45) is 2.08. The molecule has 3 aromatic carbocycles. The van der Waals surface area contributed by atoms with Gasteiger partial charge in [-0.2, -0.15) is 0 Å². The lowest BCUT2D eigenvalue weighted by molar-refractivity contribution is -0.121. The van der Waals surface area contributed by atoms with Crippen LogP contribution in [0.4, 0.5) is 10.5 Å². The van der Waals surface area contributed by atoms with E-state index in [2.05, 4.69) is 10.6 Å². The van der Waals surface area contributed by atoms with Crippen LogP contribution < -0.4 is 16.1 Å². The van der Waals surface area contributed by atoms with Crippen molar-refractivity contribution in [2.75, 3.05) is 18.4 Å². The van der Waals surface area contributed by atoms with E-state index in [0.717, 1.165) is 42.5 Å². The molecule has 0 unspecified atom stereocenters. The van der Waals surface area contributed by atoms with Crippen LogP contribution in [0.3, 0.4) is 0 Å². The molecule has 1 saturated heterocycles. The van der Waals surface area contributed by atoms with E-state index in [1.165, 1.54) is 0 Å². The topological polar surface area (TPSA) is 83.4 Å². The second kappa shape index (κ2) is 9.39. The number of nitrogens with one attached hydrogen (secondary N) is 2. The third kappa shape index (κ3) is 4.37. The predicted molar refractivity (Wildman–Crippen MR) is 134 cm³/mol. The Hall–Kier alpha value is -4.13. The van der Waals surface area contributed by atoms with Gasteiger partial charge in [0, 0.05) is 36.1 Å². The fraction of sp³-hybridized carbons (Fsp3) is 0.222. The number of hydrogen-bond donors (Lipinski definition) is 2. The number of benzene rings is 3. The highest BCUT2D eigenvalue weighted by Crippen LogP contribution is 2.19. The summed E-state index contributed by atoms with van der Waals surface area (Å²) in [5.41, 5.74) is 3.03. The van der Waals surface area contributed by atoms with Crippen molar-refractivity contribution in [1.82, 2.24) is 14.8 Å². The number of rotatable bonds is 5. The zero-order valence-corrected chi connectivity index (χ0v) is 18.8. The number of urea groups is 1. The van der Waals surface area contributed by atoms with E-state index >= 15 is 0 Å². The number of anilines is 1. The Labute approximate surface area is 197 Å². The van der Waals surface area contributed by atoms with Crippen molar-refractivity contribution in [1.29, 1.82) is 0 Å². The summed E-state index contributed by atoms with van der Waals surface area (Å²) < 4.78 is 1.88. The summed E-state index contributed by atoms with van der Waals surface area (Å²) in [6.45, 7) is 2.00. The minimum Gasteiger partial charge on any atom is -0.350 e. The van der Waals surface area contributed by atoms with Gasteiger partial charge in [-0.3, -0.25) is 9.59 Å². The molecule has 34 heavy (non-hydrogen) atoms. The van der Waals surface area contributed by atoms with Crippen LogP contribution >= 0.6 is 0 Å². The molecule has 7 nitrogen and oxygen atoms in total. The van der Waals surface area contributed by atoms with E-state index in [1.807, 2.05) is 70.1 Å². The molecule has 2 heterocycles. The first-order valence-corrected chi connectivity index (χ1v) is 11.5. The number of para-hydroxylation sites is 2. The number of fused-ring (bicyclic) bond motifs is 2. The number of nitrogens with zero attached hydrogens (tertiary/aromatic N) is 2. The maximum atomic E-state index is 12.9. The molecule has 2 N–H and O–H groups in total. The van der Waals surface area contributed by atoms with Crippen LogP contribution in [0.5, 0.6) is 0 Å². The van der Waals surface area contributed by atoms with Crippen LogP contribution in [-0.4, -0.2) is 34.5 Å². The second-order valence-electron chi connectivity index (χ2n) is 8.55. The molecule has 0 bridgehead atoms. The molecule has 1 aliphatic heterocycles. The Morgan fingerprint density at radius 2 is 1.47 bits per heavy atom. The number of pyridine rings is 1. The molecule has 4 aromatic rings. The van der Waals surface area contributed by atoms with Crippen LogP contribution in [-0.2, 0) is 17.9 Å². The molecule has 0 atom stereocenters. The van der Waals surface area contributed by atoms with Gasteiger partial charge in [-0.1, -0.05) is 36.4 Å². The maximum absolute atomic E-state index is 12.9. The Morgan fingerprint density at radius 3 is 2.15 bits per heavy atom. The Balaban J connectivity index is 1.31. The Kier molecular flexibility index (Phi) is 5.99. The van der Waals surface area contributed by atoms with Crippen LogP contribution in [0.15, 0.2) is 77.6 Å². The molecule has 0 aliphatic carbocycles. The highest BCUT2D eigenvalue weighted by atomic mass is 16.2. The molecule has 1 aromatic heterocycles. The third-order valence-corrected chi connectivity index (χ3v) is 6.24. The van der Waals surface area contributed by atoms with Gasteiger partial charge in [-0.05, 0) is 54.8 Å². The Bertz CT molecular complexity index is 1380. The molecule has 0 radical (unpaired) electrons. The largest absolute Gasteiger partial charge is 0.350 e. The number of carbonyl (C=O) groups is 2. The smallest absolute Gasteiger partial charge is 0.321 e. The zero-order valence-electron chi connectivity index (χ0n) is 18.8. The van der Waals surface area contributed by atoms with E-state index in [9.17, 15) is 14.4 Å². The lowest BCUT2D eigenvalue weighted by Crippen LogP contribution is -2.32. The van der Waals surface area contributed by atoms with Crippen LogP contribution in [0.2, 0.25) is 0 Å². The van der Waals surface area contributed by atoms with Crippen molar-refractivity contribution in [2.24, 2.45) is 0 Å². The van der Waals surface area contributed by atoms with Gasteiger partial charge in [0.15, 0.2) is 5.43 Å². The van der Waals surface area contributed by atoms with Gasteiger partial charge in [-0.25, -0.2) is 4.79 Å². The van der Waals surface area contributed by atoms with E-state index in [1.54, 1.807) is 12.1 Å². The average Bonchev–Trinajstić information content (AvgIpc) is 3.41. The zero-order chi connectivity index (χ0) is 23.5. The summed E-state index contributed by atoms with van der Waals surface area (Å²) >= 11 is 0. The molecule has 7 heteroatoms. The van der Waals surface area contributed by atoms with Gasteiger partial charge in [0.2, 0.25) is 5.91 Å². The second-order valence-corrected chi connectivity index (χ2v) is 8.55. The summed E-state index contributed by atoms with van der Waals surface area (Å²) in [6, 6.07) is 22.1. The van der Waals surface area contributed by atoms with Gasteiger partial charge >= 0.3 is 6.03 Å². The molecule has 0 saturated carbocycles. The van der Waals surface area contributed by atoms with Gasteiger partial charge in [0.25, 0.3) is 0 Å². The van der Waals surface area contributed by atoms with Crippen molar-refractivity contribution >= 4 is 39.4 Å². The third-order valence-electron chi connectivity index (χ3n) is 6.24. The first kappa shape index (κ1) is 21.7. The van der Waals surface area contributed by atoms with Crippen LogP contribution in [0.25, 0.3) is 21.8 Å². The monoisotopic (exact) mass is 454 g/mol. The highest BCUT2D eigenvalue weighted by Gasteiger charge is 2.18. The average molecular weight is 455 g/mol. The summed E-state index contributed by atoms with van der Waals surface area (Å²) in [5, 5.41) is 7.09. The van der Waals surface area contributed by atoms with Crippen molar-refractivity contribution < 1.29 is 9.59 Å². The molecule has 0 spiro atoms. The SMILES string of the molecule is O=C(Cn1c2ccccc2c(=O)c2ccccc21)NCc1cccc(NC(=O)N2CCCC2)c1. The molecule has 1 aliphatic rings. The molecular formula is C27H26N4O3. The number of carbonyl (C=O) groups excluding carboxylic acids is 2. The predicted octanol–water partition coefficient (Wildman–Crippen LogP) is 4.10. The lowest BCUT2D eigenvalue weighted by Gasteiger charge is -2.17. The first-order valence-electron chi connectivity index (χ1n) is 11.5. The number of hydrogen-bond acceptors (Lipinski definition) is 3. The molecule has 172 valence electrons. The van der Waals surface area contributed by atoms with E-state index < -0.39 is 0 Å². The minimum absolute atomic E-state index is 0.0318. The molecule has 3 amide bonds. The van der Waals surface area contributed by atoms with Gasteiger partial charge in [-0.15, -0.1) is 0 Å². The fourth-order valence-corrected chi connectivity index (χ4v) is 4.53. The maximum Gasteiger partial charge on any atom is 0.321 e. The van der Waals surface area contributed by atoms with Crippen molar-refractivity contribution in [3.8, 4) is 0 Å². The summed E-state index contributed by atoms with van der Waals surface area (Å²) in [7, 11) is 0. The number of likely N-dealkylation sites (tertiary alicyclic amines) is 1. The minimum atomic E-state index is -0.162. The van der Waals surface area contributed by atoms with Crippen LogP contribution in [0.1, 0.15) is 18.4 Å². The summed E-state index contributed by atoms with van der Waals surface area (Å²) in [5.74, 6) is -0.162. The summed E-state index contributed by atoms with van der Waals surface area (Å²) in [4.78, 5) is 40.0. The standard InChI is InChI=1S/C27H26N4O3/c32-25(28-17-19-8-7-9-20(16-19)29-27(34)30-14-5-6-15-30)18-31-23-12-3-1-10-21(23)26(33)22-11-2-4-13-24(22)31/h1-4,7-13,16H,5-6,14-15,17-18H2,(H,28,32)(H,29,34). The van der Waals surface area contributed by atoms with E-state index in [0.29, 0.717) is 23.0 Å². The van der Waals surface area contributed by atoms with Crippen LogP contribution in [0, 0.1) is 0 Å². The molecule has 1 fully saturated rings.